The Bertz CT molecular complexity index is 179. The average molecular weight is 308 g/mol. The molecule has 0 aliphatic carbocycles. The highest BCUT2D eigenvalue weighted by atomic mass is 17.2. The Hall–Kier alpha value is -0.240. The van der Waals surface area contributed by atoms with Crippen LogP contribution in [0.25, 0.3) is 0 Å². The van der Waals surface area contributed by atoms with Crippen LogP contribution in [-0.2, 0) is 28.7 Å². The van der Waals surface area contributed by atoms with E-state index in [0.29, 0.717) is 52.9 Å². The number of rotatable bonds is 17. The van der Waals surface area contributed by atoms with E-state index in [0.717, 1.165) is 19.4 Å². The molecule has 1 unspecified atom stereocenters. The van der Waals surface area contributed by atoms with Gasteiger partial charge in [-0.2, -0.15) is 0 Å². The van der Waals surface area contributed by atoms with Crippen molar-refractivity contribution in [3.05, 3.63) is 0 Å². The Labute approximate surface area is 128 Å². The summed E-state index contributed by atoms with van der Waals surface area (Å²) in [5.74, 6) is 0. The summed E-state index contributed by atoms with van der Waals surface area (Å²) in [5, 5.41) is 0. The van der Waals surface area contributed by atoms with Crippen LogP contribution in [0.4, 0.5) is 0 Å². The first-order valence-electron chi connectivity index (χ1n) is 7.94. The smallest absolute Gasteiger partial charge is 0.111 e. The zero-order valence-electron chi connectivity index (χ0n) is 13.8. The molecule has 0 aromatic heterocycles. The van der Waals surface area contributed by atoms with Crippen LogP contribution in [0.2, 0.25) is 0 Å². The SMILES string of the molecule is CCCOCCOCC(COOCCC)OCCOCC. The van der Waals surface area contributed by atoms with Gasteiger partial charge < -0.3 is 18.9 Å². The predicted octanol–water partition coefficient (Wildman–Crippen LogP) is 2.21. The molecule has 0 fully saturated rings. The lowest BCUT2D eigenvalue weighted by Crippen LogP contribution is -2.28. The molecule has 0 amide bonds. The maximum Gasteiger partial charge on any atom is 0.111 e. The number of hydrogen-bond acceptors (Lipinski definition) is 6. The van der Waals surface area contributed by atoms with Gasteiger partial charge in [-0.15, -0.1) is 0 Å². The van der Waals surface area contributed by atoms with Crippen molar-refractivity contribution < 1.29 is 28.7 Å². The quantitative estimate of drug-likeness (QED) is 0.233. The minimum Gasteiger partial charge on any atom is -0.379 e. The highest BCUT2D eigenvalue weighted by molar-refractivity contribution is 4.54. The standard InChI is InChI=1S/C15H32O6/c1-4-7-17-9-10-18-13-15(14-21-20-8-5-2)19-12-11-16-6-3/h15H,4-14H2,1-3H3. The van der Waals surface area contributed by atoms with Gasteiger partial charge in [0.15, 0.2) is 0 Å². The van der Waals surface area contributed by atoms with Crippen molar-refractivity contribution in [3.63, 3.8) is 0 Å². The first-order valence-corrected chi connectivity index (χ1v) is 7.94. The van der Waals surface area contributed by atoms with Crippen molar-refractivity contribution in [2.75, 3.05) is 59.5 Å². The normalized spacial score (nSPS) is 12.7. The molecule has 0 rings (SSSR count). The molecule has 0 saturated carbocycles. The monoisotopic (exact) mass is 308 g/mol. The molecule has 0 aliphatic heterocycles. The molecule has 6 nitrogen and oxygen atoms in total. The van der Waals surface area contributed by atoms with Crippen molar-refractivity contribution in [3.8, 4) is 0 Å². The van der Waals surface area contributed by atoms with Crippen LogP contribution in [0.1, 0.15) is 33.6 Å². The van der Waals surface area contributed by atoms with E-state index in [1.807, 2.05) is 13.8 Å². The molecule has 0 N–H and O–H groups in total. The lowest BCUT2D eigenvalue weighted by Gasteiger charge is -2.17. The van der Waals surface area contributed by atoms with E-state index in [9.17, 15) is 0 Å². The van der Waals surface area contributed by atoms with E-state index < -0.39 is 0 Å². The topological polar surface area (TPSA) is 55.4 Å². The van der Waals surface area contributed by atoms with Crippen molar-refractivity contribution >= 4 is 0 Å². The van der Waals surface area contributed by atoms with E-state index in [4.69, 9.17) is 28.7 Å². The summed E-state index contributed by atoms with van der Waals surface area (Å²) in [6.45, 7) is 11.2. The van der Waals surface area contributed by atoms with Gasteiger partial charge in [-0.05, 0) is 19.8 Å². The Morgan fingerprint density at radius 2 is 1.33 bits per heavy atom. The molecule has 6 heteroatoms. The van der Waals surface area contributed by atoms with Crippen molar-refractivity contribution in [1.29, 1.82) is 0 Å². The Kier molecular flexibility index (Phi) is 17.6. The summed E-state index contributed by atoms with van der Waals surface area (Å²) in [6.07, 6.45) is 1.78. The minimum atomic E-state index is -0.159. The fourth-order valence-corrected chi connectivity index (χ4v) is 1.41. The van der Waals surface area contributed by atoms with Crippen LogP contribution in [-0.4, -0.2) is 65.6 Å². The second-order valence-corrected chi connectivity index (χ2v) is 4.48. The second-order valence-electron chi connectivity index (χ2n) is 4.48. The maximum absolute atomic E-state index is 5.66. The predicted molar refractivity (Wildman–Crippen MR) is 80.4 cm³/mol. The summed E-state index contributed by atoms with van der Waals surface area (Å²) in [6, 6.07) is 0. The van der Waals surface area contributed by atoms with Crippen molar-refractivity contribution in [2.45, 2.75) is 39.7 Å². The molecule has 0 bridgehead atoms. The summed E-state index contributed by atoms with van der Waals surface area (Å²) in [5.41, 5.74) is 0. The van der Waals surface area contributed by atoms with E-state index in [-0.39, 0.29) is 6.10 Å². The zero-order valence-corrected chi connectivity index (χ0v) is 13.8. The lowest BCUT2D eigenvalue weighted by atomic mass is 10.4. The van der Waals surface area contributed by atoms with Crippen molar-refractivity contribution in [2.24, 2.45) is 0 Å². The molecule has 0 aromatic carbocycles. The third-order valence-corrected chi connectivity index (χ3v) is 2.43. The molecular formula is C15H32O6. The molecule has 128 valence electrons. The largest absolute Gasteiger partial charge is 0.379 e. The first kappa shape index (κ1) is 20.8. The molecule has 0 aromatic rings. The Balaban J connectivity index is 3.67. The molecule has 0 spiro atoms. The van der Waals surface area contributed by atoms with Crippen LogP contribution in [0.15, 0.2) is 0 Å². The van der Waals surface area contributed by atoms with Gasteiger partial charge in [0, 0.05) is 13.2 Å². The third-order valence-electron chi connectivity index (χ3n) is 2.43. The first-order chi connectivity index (χ1) is 10.3. The van der Waals surface area contributed by atoms with Crippen LogP contribution in [0.3, 0.4) is 0 Å². The fourth-order valence-electron chi connectivity index (χ4n) is 1.41. The van der Waals surface area contributed by atoms with Gasteiger partial charge in [0.25, 0.3) is 0 Å². The van der Waals surface area contributed by atoms with Crippen molar-refractivity contribution in [1.82, 2.24) is 0 Å². The third kappa shape index (κ3) is 16.0. The average Bonchev–Trinajstić information content (AvgIpc) is 2.50. The van der Waals surface area contributed by atoms with E-state index in [1.165, 1.54) is 0 Å². The van der Waals surface area contributed by atoms with Crippen LogP contribution < -0.4 is 0 Å². The zero-order chi connectivity index (χ0) is 15.6. The van der Waals surface area contributed by atoms with Crippen LogP contribution >= 0.6 is 0 Å². The summed E-state index contributed by atoms with van der Waals surface area (Å²) in [7, 11) is 0. The summed E-state index contributed by atoms with van der Waals surface area (Å²) in [4.78, 5) is 10.1. The molecular weight excluding hydrogens is 276 g/mol. The van der Waals surface area contributed by atoms with Gasteiger partial charge in [0.1, 0.15) is 12.7 Å². The van der Waals surface area contributed by atoms with Gasteiger partial charge in [-0.3, -0.25) is 0 Å². The summed E-state index contributed by atoms with van der Waals surface area (Å²) < 4.78 is 21.8. The van der Waals surface area contributed by atoms with Gasteiger partial charge in [0.2, 0.25) is 0 Å². The van der Waals surface area contributed by atoms with Crippen LogP contribution in [0.5, 0.6) is 0 Å². The minimum absolute atomic E-state index is 0.159. The lowest BCUT2D eigenvalue weighted by molar-refractivity contribution is -0.309. The second kappa shape index (κ2) is 17.8. The van der Waals surface area contributed by atoms with Crippen LogP contribution in [0, 0.1) is 0 Å². The molecule has 0 radical (unpaired) electrons. The van der Waals surface area contributed by atoms with E-state index in [2.05, 4.69) is 6.92 Å². The molecule has 0 aliphatic rings. The Morgan fingerprint density at radius 3 is 2.05 bits per heavy atom. The van der Waals surface area contributed by atoms with E-state index in [1.54, 1.807) is 0 Å². The molecule has 0 heterocycles. The summed E-state index contributed by atoms with van der Waals surface area (Å²) >= 11 is 0. The Morgan fingerprint density at radius 1 is 0.619 bits per heavy atom. The van der Waals surface area contributed by atoms with Gasteiger partial charge in [0.05, 0.1) is 39.6 Å². The maximum atomic E-state index is 5.66. The highest BCUT2D eigenvalue weighted by Gasteiger charge is 2.10. The van der Waals surface area contributed by atoms with Gasteiger partial charge in [-0.1, -0.05) is 13.8 Å². The highest BCUT2D eigenvalue weighted by Crippen LogP contribution is 1.97. The van der Waals surface area contributed by atoms with Gasteiger partial charge in [-0.25, -0.2) is 9.78 Å². The molecule has 1 atom stereocenters. The molecule has 21 heavy (non-hydrogen) atoms. The fraction of sp³-hybridized carbons (Fsp3) is 1.00. The number of ether oxygens (including phenoxy) is 4. The van der Waals surface area contributed by atoms with E-state index >= 15 is 0 Å². The van der Waals surface area contributed by atoms with Gasteiger partial charge >= 0.3 is 0 Å². The number of hydrogen-bond donors (Lipinski definition) is 0. The molecule has 0 saturated heterocycles.